The lowest BCUT2D eigenvalue weighted by molar-refractivity contribution is -0.0630. The Morgan fingerprint density at radius 3 is 2.00 bits per heavy atom. The molecule has 0 aromatic heterocycles. The van der Waals surface area contributed by atoms with Gasteiger partial charge in [0.2, 0.25) is 0 Å². The van der Waals surface area contributed by atoms with Crippen molar-refractivity contribution in [3.05, 3.63) is 0 Å². The van der Waals surface area contributed by atoms with Crippen molar-refractivity contribution in [2.24, 2.45) is 23.2 Å². The van der Waals surface area contributed by atoms with Crippen molar-refractivity contribution in [1.82, 2.24) is 4.90 Å². The van der Waals surface area contributed by atoms with E-state index in [0.29, 0.717) is 5.41 Å². The van der Waals surface area contributed by atoms with Crippen LogP contribution in [-0.4, -0.2) is 37.2 Å². The molecule has 80 valence electrons. The number of piperidine rings is 1. The molecule has 2 unspecified atom stereocenters. The fraction of sp³-hybridized carbons (Fsp3) is 1.00. The first-order valence-corrected chi connectivity index (χ1v) is 5.89. The van der Waals surface area contributed by atoms with Gasteiger partial charge in [0.1, 0.15) is 0 Å². The zero-order chi connectivity index (χ0) is 9.92. The van der Waals surface area contributed by atoms with Crippen LogP contribution in [0.1, 0.15) is 20.8 Å². The van der Waals surface area contributed by atoms with Crippen LogP contribution in [0.3, 0.4) is 0 Å². The average molecular weight is 195 g/mol. The minimum atomic E-state index is 0.539. The van der Waals surface area contributed by atoms with E-state index in [0.717, 1.165) is 37.0 Å². The molecule has 0 N–H and O–H groups in total. The Labute approximate surface area is 86.6 Å². The number of nitrogens with zero attached hydrogens (tertiary/aromatic N) is 1. The fourth-order valence-corrected chi connectivity index (χ4v) is 3.58. The van der Waals surface area contributed by atoms with Crippen LogP contribution in [0.5, 0.6) is 0 Å². The van der Waals surface area contributed by atoms with Crippen LogP contribution in [0.25, 0.3) is 0 Å². The molecule has 0 amide bonds. The second kappa shape index (κ2) is 2.73. The van der Waals surface area contributed by atoms with Crippen LogP contribution < -0.4 is 0 Å². The summed E-state index contributed by atoms with van der Waals surface area (Å²) in [5.41, 5.74) is 0.539. The molecule has 2 nitrogen and oxygen atoms in total. The van der Waals surface area contributed by atoms with Gasteiger partial charge in [-0.1, -0.05) is 20.8 Å². The Morgan fingerprint density at radius 2 is 1.64 bits per heavy atom. The lowest BCUT2D eigenvalue weighted by Gasteiger charge is -2.36. The topological polar surface area (TPSA) is 12.5 Å². The van der Waals surface area contributed by atoms with Crippen molar-refractivity contribution in [3.63, 3.8) is 0 Å². The molecule has 0 aromatic rings. The van der Waals surface area contributed by atoms with Gasteiger partial charge in [0.25, 0.3) is 0 Å². The molecule has 0 aromatic carbocycles. The summed E-state index contributed by atoms with van der Waals surface area (Å²) in [7, 11) is 0. The molecule has 0 bridgehead atoms. The Bertz CT molecular complexity index is 229. The molecule has 2 heterocycles. The van der Waals surface area contributed by atoms with E-state index >= 15 is 0 Å². The van der Waals surface area contributed by atoms with Gasteiger partial charge in [-0.3, -0.25) is 4.90 Å². The van der Waals surface area contributed by atoms with Gasteiger partial charge in [-0.15, -0.1) is 0 Å². The minimum Gasteiger partial charge on any atom is -0.378 e. The van der Waals surface area contributed by atoms with E-state index in [1.165, 1.54) is 13.1 Å². The third-order valence-electron chi connectivity index (χ3n) is 4.36. The lowest BCUT2D eigenvalue weighted by Crippen LogP contribution is -2.49. The smallest absolute Gasteiger partial charge is 0.0645 e. The fourth-order valence-electron chi connectivity index (χ4n) is 3.58. The van der Waals surface area contributed by atoms with Crippen LogP contribution in [0.15, 0.2) is 0 Å². The quantitative estimate of drug-likeness (QED) is 0.630. The van der Waals surface area contributed by atoms with Gasteiger partial charge in [0.15, 0.2) is 0 Å². The van der Waals surface area contributed by atoms with E-state index in [1.54, 1.807) is 0 Å². The summed E-state index contributed by atoms with van der Waals surface area (Å²) in [4.78, 5) is 2.65. The van der Waals surface area contributed by atoms with Gasteiger partial charge in [-0.2, -0.15) is 0 Å². The standard InChI is InChI=1S/C12H21NO/c1-12(2,3)11-9-4-13(5-10(9)11)8-6-14-7-8/h8-11H,4-7H2,1-3H3. The molecular weight excluding hydrogens is 174 g/mol. The normalized spacial score (nSPS) is 43.5. The molecule has 2 aliphatic heterocycles. The Kier molecular flexibility index (Phi) is 1.79. The molecule has 3 rings (SSSR count). The Hall–Kier alpha value is -0.0800. The molecule has 0 radical (unpaired) electrons. The van der Waals surface area contributed by atoms with E-state index in [4.69, 9.17) is 4.74 Å². The van der Waals surface area contributed by atoms with Crippen molar-refractivity contribution < 1.29 is 4.74 Å². The second-order valence-corrected chi connectivity index (χ2v) is 6.36. The van der Waals surface area contributed by atoms with Gasteiger partial charge < -0.3 is 4.74 Å². The van der Waals surface area contributed by atoms with Crippen LogP contribution >= 0.6 is 0 Å². The van der Waals surface area contributed by atoms with E-state index in [1.807, 2.05) is 0 Å². The maximum absolute atomic E-state index is 5.25. The van der Waals surface area contributed by atoms with Crippen molar-refractivity contribution in [3.8, 4) is 0 Å². The van der Waals surface area contributed by atoms with E-state index in [9.17, 15) is 0 Å². The number of hydrogen-bond donors (Lipinski definition) is 0. The van der Waals surface area contributed by atoms with Crippen LogP contribution in [0.2, 0.25) is 0 Å². The van der Waals surface area contributed by atoms with E-state index in [2.05, 4.69) is 25.7 Å². The third kappa shape index (κ3) is 1.24. The van der Waals surface area contributed by atoms with Gasteiger partial charge in [-0.25, -0.2) is 0 Å². The summed E-state index contributed by atoms with van der Waals surface area (Å²) in [5, 5.41) is 0. The zero-order valence-electron chi connectivity index (χ0n) is 9.49. The molecule has 2 heteroatoms. The van der Waals surface area contributed by atoms with Crippen molar-refractivity contribution >= 4 is 0 Å². The predicted molar refractivity (Wildman–Crippen MR) is 56.1 cm³/mol. The highest BCUT2D eigenvalue weighted by atomic mass is 16.5. The summed E-state index contributed by atoms with van der Waals surface area (Å²) in [5.74, 6) is 3.02. The Balaban J connectivity index is 1.57. The van der Waals surface area contributed by atoms with Crippen molar-refractivity contribution in [1.29, 1.82) is 0 Å². The molecule has 3 fully saturated rings. The van der Waals surface area contributed by atoms with Gasteiger partial charge in [-0.05, 0) is 23.2 Å². The highest BCUT2D eigenvalue weighted by Crippen LogP contribution is 2.60. The van der Waals surface area contributed by atoms with Crippen LogP contribution in [-0.2, 0) is 4.74 Å². The van der Waals surface area contributed by atoms with Gasteiger partial charge >= 0.3 is 0 Å². The van der Waals surface area contributed by atoms with Crippen molar-refractivity contribution in [2.45, 2.75) is 26.8 Å². The van der Waals surface area contributed by atoms with Crippen LogP contribution in [0, 0.1) is 23.2 Å². The monoisotopic (exact) mass is 195 g/mol. The molecule has 1 saturated carbocycles. The molecule has 1 aliphatic carbocycles. The lowest BCUT2D eigenvalue weighted by atomic mass is 9.87. The maximum atomic E-state index is 5.25. The summed E-state index contributed by atoms with van der Waals surface area (Å²) < 4.78 is 5.25. The van der Waals surface area contributed by atoms with Gasteiger partial charge in [0, 0.05) is 13.1 Å². The van der Waals surface area contributed by atoms with Gasteiger partial charge in [0.05, 0.1) is 19.3 Å². The number of ether oxygens (including phenoxy) is 1. The maximum Gasteiger partial charge on any atom is 0.0645 e. The SMILES string of the molecule is CC(C)(C)C1C2CN(C3COC3)CC21. The highest BCUT2D eigenvalue weighted by molar-refractivity contribution is 5.10. The summed E-state index contributed by atoms with van der Waals surface area (Å²) in [6.07, 6.45) is 0. The third-order valence-corrected chi connectivity index (χ3v) is 4.36. The van der Waals surface area contributed by atoms with Crippen molar-refractivity contribution in [2.75, 3.05) is 26.3 Å². The molecule has 0 spiro atoms. The summed E-state index contributed by atoms with van der Waals surface area (Å²) in [6, 6.07) is 0.767. The first-order chi connectivity index (χ1) is 6.57. The Morgan fingerprint density at radius 1 is 1.07 bits per heavy atom. The second-order valence-electron chi connectivity index (χ2n) is 6.36. The minimum absolute atomic E-state index is 0.539. The molecule has 2 saturated heterocycles. The predicted octanol–water partition coefficient (Wildman–Crippen LogP) is 1.61. The first kappa shape index (κ1) is 9.17. The number of hydrogen-bond acceptors (Lipinski definition) is 2. The summed E-state index contributed by atoms with van der Waals surface area (Å²) in [6.45, 7) is 11.9. The van der Waals surface area contributed by atoms with E-state index < -0.39 is 0 Å². The number of rotatable bonds is 1. The number of likely N-dealkylation sites (tertiary alicyclic amines) is 1. The molecule has 3 aliphatic rings. The zero-order valence-corrected chi connectivity index (χ0v) is 9.49. The summed E-state index contributed by atoms with van der Waals surface area (Å²) >= 11 is 0. The highest BCUT2D eigenvalue weighted by Gasteiger charge is 2.60. The molecular formula is C12H21NO. The number of fused-ring (bicyclic) bond motifs is 1. The largest absolute Gasteiger partial charge is 0.378 e. The molecule has 2 atom stereocenters. The van der Waals surface area contributed by atoms with E-state index in [-0.39, 0.29) is 0 Å². The van der Waals surface area contributed by atoms with Crippen LogP contribution in [0.4, 0.5) is 0 Å². The average Bonchev–Trinajstić information content (AvgIpc) is 2.46. The molecule has 14 heavy (non-hydrogen) atoms. The first-order valence-electron chi connectivity index (χ1n) is 5.89.